The highest BCUT2D eigenvalue weighted by atomic mass is 16.7. The molecule has 0 radical (unpaired) electrons. The van der Waals surface area contributed by atoms with Crippen LogP contribution in [0.4, 0.5) is 0 Å². The van der Waals surface area contributed by atoms with Gasteiger partial charge in [0.25, 0.3) is 0 Å². The van der Waals surface area contributed by atoms with Crippen molar-refractivity contribution in [3.05, 3.63) is 109 Å². The van der Waals surface area contributed by atoms with Gasteiger partial charge in [0.05, 0.1) is 0 Å². The molecule has 0 atom stereocenters. The highest BCUT2D eigenvalue weighted by Gasteiger charge is 2.01. The summed E-state index contributed by atoms with van der Waals surface area (Å²) in [5.41, 5.74) is 0. The van der Waals surface area contributed by atoms with Gasteiger partial charge in [-0.05, 0) is 72.8 Å². The Kier molecular flexibility index (Phi) is 5.93. The summed E-state index contributed by atoms with van der Waals surface area (Å²) in [4.78, 5) is 0. The van der Waals surface area contributed by atoms with Gasteiger partial charge in [0.1, 0.15) is 34.5 Å². The van der Waals surface area contributed by atoms with Crippen molar-refractivity contribution in [2.24, 2.45) is 0 Å². The largest absolute Gasteiger partial charge is 0.457 e. The Morgan fingerprint density at radius 3 is 1.03 bits per heavy atom. The van der Waals surface area contributed by atoms with Crippen molar-refractivity contribution in [1.29, 1.82) is 0 Å². The summed E-state index contributed by atoms with van der Waals surface area (Å²) < 4.78 is 22.8. The molecule has 0 spiro atoms. The van der Waals surface area contributed by atoms with Gasteiger partial charge in [-0.15, -0.1) is 0 Å². The zero-order valence-electron chi connectivity index (χ0n) is 15.7. The second-order valence-electron chi connectivity index (χ2n) is 6.18. The summed E-state index contributed by atoms with van der Waals surface area (Å²) in [6, 6.07) is 34.1. The molecule has 144 valence electrons. The van der Waals surface area contributed by atoms with Crippen LogP contribution in [0.3, 0.4) is 0 Å². The summed E-state index contributed by atoms with van der Waals surface area (Å²) in [6.07, 6.45) is 0. The molecule has 4 heteroatoms. The van der Waals surface area contributed by atoms with Crippen LogP contribution in [-0.4, -0.2) is 6.79 Å². The third-order valence-electron chi connectivity index (χ3n) is 4.06. The van der Waals surface area contributed by atoms with Crippen LogP contribution in [0, 0.1) is 0 Å². The highest BCUT2D eigenvalue weighted by molar-refractivity contribution is 5.36. The highest BCUT2D eigenvalue weighted by Crippen LogP contribution is 2.25. The first-order chi connectivity index (χ1) is 14.3. The molecule has 0 N–H and O–H groups in total. The van der Waals surface area contributed by atoms with Crippen molar-refractivity contribution >= 4 is 0 Å². The van der Waals surface area contributed by atoms with Gasteiger partial charge < -0.3 is 18.9 Å². The molecule has 0 aromatic heterocycles. The molecule has 4 rings (SSSR count). The van der Waals surface area contributed by atoms with Gasteiger partial charge in [-0.2, -0.15) is 0 Å². The Morgan fingerprint density at radius 1 is 0.345 bits per heavy atom. The molecular weight excluding hydrogens is 364 g/mol. The Bertz CT molecular complexity index is 913. The van der Waals surface area contributed by atoms with E-state index in [1.54, 1.807) is 0 Å². The van der Waals surface area contributed by atoms with E-state index in [0.717, 1.165) is 23.0 Å². The van der Waals surface area contributed by atoms with Gasteiger partial charge in [-0.1, -0.05) is 36.4 Å². The normalized spacial score (nSPS) is 10.2. The molecular formula is C25H20O4. The lowest BCUT2D eigenvalue weighted by Crippen LogP contribution is -2.05. The lowest BCUT2D eigenvalue weighted by molar-refractivity contribution is 0.119. The van der Waals surface area contributed by atoms with Gasteiger partial charge in [-0.3, -0.25) is 0 Å². The standard InChI is InChI=1S/C25H20O4/c1-3-7-22(8-4-1)28-24-15-11-20(12-16-24)26-19-27-21-13-17-25(18-14-21)29-23-9-5-2-6-10-23/h1-18H,19H2. The molecule has 0 saturated carbocycles. The Balaban J connectivity index is 1.24. The van der Waals surface area contributed by atoms with E-state index in [1.165, 1.54) is 0 Å². The third-order valence-corrected chi connectivity index (χ3v) is 4.06. The fraction of sp³-hybridized carbons (Fsp3) is 0.0400. The lowest BCUT2D eigenvalue weighted by Gasteiger charge is -2.10. The lowest BCUT2D eigenvalue weighted by atomic mass is 10.3. The van der Waals surface area contributed by atoms with E-state index >= 15 is 0 Å². The van der Waals surface area contributed by atoms with Crippen LogP contribution in [0.15, 0.2) is 109 Å². The van der Waals surface area contributed by atoms with E-state index in [9.17, 15) is 0 Å². The molecule has 0 aliphatic carbocycles. The minimum absolute atomic E-state index is 0.109. The van der Waals surface area contributed by atoms with Crippen molar-refractivity contribution in [3.63, 3.8) is 0 Å². The maximum Gasteiger partial charge on any atom is 0.230 e. The summed E-state index contributed by atoms with van der Waals surface area (Å²) in [6.45, 7) is 0.109. The van der Waals surface area contributed by atoms with Crippen LogP contribution >= 0.6 is 0 Å². The molecule has 0 saturated heterocycles. The van der Waals surface area contributed by atoms with E-state index in [0.29, 0.717) is 11.5 Å². The van der Waals surface area contributed by atoms with Gasteiger partial charge in [0, 0.05) is 0 Å². The number of ether oxygens (including phenoxy) is 4. The van der Waals surface area contributed by atoms with Gasteiger partial charge >= 0.3 is 0 Å². The van der Waals surface area contributed by atoms with Crippen molar-refractivity contribution in [2.45, 2.75) is 0 Å². The fourth-order valence-corrected chi connectivity index (χ4v) is 2.62. The first-order valence-corrected chi connectivity index (χ1v) is 9.27. The monoisotopic (exact) mass is 384 g/mol. The van der Waals surface area contributed by atoms with E-state index in [4.69, 9.17) is 18.9 Å². The van der Waals surface area contributed by atoms with Crippen molar-refractivity contribution in [3.8, 4) is 34.5 Å². The van der Waals surface area contributed by atoms with E-state index < -0.39 is 0 Å². The second kappa shape index (κ2) is 9.33. The summed E-state index contributed by atoms with van der Waals surface area (Å²) in [5, 5.41) is 0. The zero-order valence-corrected chi connectivity index (χ0v) is 15.7. The number of hydrogen-bond acceptors (Lipinski definition) is 4. The molecule has 4 nitrogen and oxygen atoms in total. The molecule has 0 heterocycles. The summed E-state index contributed by atoms with van der Waals surface area (Å²) in [7, 11) is 0. The number of para-hydroxylation sites is 2. The second-order valence-corrected chi connectivity index (χ2v) is 6.18. The predicted octanol–water partition coefficient (Wildman–Crippen LogP) is 6.69. The smallest absolute Gasteiger partial charge is 0.230 e. The SMILES string of the molecule is c1ccc(Oc2ccc(OCOc3ccc(Oc4ccccc4)cc3)cc2)cc1. The van der Waals surface area contributed by atoms with Gasteiger partial charge in [0.2, 0.25) is 6.79 Å². The average molecular weight is 384 g/mol. The Hall–Kier alpha value is -3.92. The maximum atomic E-state index is 5.76. The molecule has 4 aromatic carbocycles. The number of rotatable bonds is 8. The van der Waals surface area contributed by atoms with Crippen molar-refractivity contribution in [1.82, 2.24) is 0 Å². The quantitative estimate of drug-likeness (QED) is 0.317. The van der Waals surface area contributed by atoms with Crippen LogP contribution in [0.2, 0.25) is 0 Å². The zero-order chi connectivity index (χ0) is 19.7. The number of hydrogen-bond donors (Lipinski definition) is 0. The van der Waals surface area contributed by atoms with E-state index in [-0.39, 0.29) is 6.79 Å². The average Bonchev–Trinajstić information content (AvgIpc) is 2.78. The molecule has 0 unspecified atom stereocenters. The Labute approximate surface area is 169 Å². The summed E-state index contributed by atoms with van der Waals surface area (Å²) in [5.74, 6) is 4.49. The molecule has 4 aromatic rings. The first-order valence-electron chi connectivity index (χ1n) is 9.27. The van der Waals surface area contributed by atoms with Crippen LogP contribution in [0.1, 0.15) is 0 Å². The summed E-state index contributed by atoms with van der Waals surface area (Å²) >= 11 is 0. The molecule has 0 fully saturated rings. The van der Waals surface area contributed by atoms with Crippen LogP contribution in [0.25, 0.3) is 0 Å². The van der Waals surface area contributed by atoms with Crippen LogP contribution in [-0.2, 0) is 0 Å². The van der Waals surface area contributed by atoms with Gasteiger partial charge in [-0.25, -0.2) is 0 Å². The predicted molar refractivity (Wildman–Crippen MR) is 112 cm³/mol. The molecule has 0 amide bonds. The Morgan fingerprint density at radius 2 is 0.655 bits per heavy atom. The van der Waals surface area contributed by atoms with Crippen molar-refractivity contribution < 1.29 is 18.9 Å². The molecule has 0 aliphatic rings. The van der Waals surface area contributed by atoms with Crippen LogP contribution < -0.4 is 18.9 Å². The van der Waals surface area contributed by atoms with Crippen molar-refractivity contribution in [2.75, 3.05) is 6.79 Å². The number of benzene rings is 4. The van der Waals surface area contributed by atoms with Crippen LogP contribution in [0.5, 0.6) is 34.5 Å². The molecule has 0 bridgehead atoms. The fourth-order valence-electron chi connectivity index (χ4n) is 2.62. The van der Waals surface area contributed by atoms with Gasteiger partial charge in [0.15, 0.2) is 0 Å². The first kappa shape index (κ1) is 18.4. The third kappa shape index (κ3) is 5.53. The van der Waals surface area contributed by atoms with E-state index in [2.05, 4.69) is 0 Å². The maximum absolute atomic E-state index is 5.76. The molecule has 29 heavy (non-hydrogen) atoms. The minimum Gasteiger partial charge on any atom is -0.457 e. The topological polar surface area (TPSA) is 36.9 Å². The van der Waals surface area contributed by atoms with E-state index in [1.807, 2.05) is 109 Å². The minimum atomic E-state index is 0.109. The molecule has 0 aliphatic heterocycles.